The Kier molecular flexibility index (Phi) is 4.75. The number of aliphatic hydroxyl groups is 1. The lowest BCUT2D eigenvalue weighted by Crippen LogP contribution is -2.02. The van der Waals surface area contributed by atoms with E-state index in [1.165, 1.54) is 12.8 Å². The van der Waals surface area contributed by atoms with Crippen molar-refractivity contribution in [3.8, 4) is 5.75 Å². The van der Waals surface area contributed by atoms with E-state index in [0.29, 0.717) is 6.10 Å². The summed E-state index contributed by atoms with van der Waals surface area (Å²) >= 11 is 1.80. The van der Waals surface area contributed by atoms with Crippen molar-refractivity contribution in [2.45, 2.75) is 38.4 Å². The molecule has 2 nitrogen and oxygen atoms in total. The molecule has 2 rings (SSSR count). The lowest BCUT2D eigenvalue weighted by molar-refractivity contribution is 0.203. The van der Waals surface area contributed by atoms with Gasteiger partial charge in [-0.05, 0) is 42.7 Å². The third kappa shape index (κ3) is 4.25. The van der Waals surface area contributed by atoms with Crippen molar-refractivity contribution in [3.63, 3.8) is 0 Å². The quantitative estimate of drug-likeness (QED) is 0.754. The van der Waals surface area contributed by atoms with E-state index in [1.54, 1.807) is 11.8 Å². The van der Waals surface area contributed by atoms with E-state index in [0.717, 1.165) is 29.2 Å². The van der Waals surface area contributed by atoms with Crippen LogP contribution in [-0.2, 0) is 0 Å². The molecule has 94 valence electrons. The maximum Gasteiger partial charge on any atom is 0.120 e. The van der Waals surface area contributed by atoms with Crippen LogP contribution < -0.4 is 4.74 Å². The molecule has 1 aliphatic carbocycles. The van der Waals surface area contributed by atoms with E-state index < -0.39 is 0 Å². The highest BCUT2D eigenvalue weighted by Gasteiger charge is 2.23. The standard InChI is InChI=1S/C14H20O2S/c1-2-8-17-10-14(15)11-4-3-5-13(9-11)16-12-6-7-12/h3-5,9,12,14-15H,2,6-8,10H2,1H3. The van der Waals surface area contributed by atoms with Gasteiger partial charge in [-0.3, -0.25) is 0 Å². The van der Waals surface area contributed by atoms with Gasteiger partial charge in [0.25, 0.3) is 0 Å². The summed E-state index contributed by atoms with van der Waals surface area (Å²) < 4.78 is 5.72. The molecular weight excluding hydrogens is 232 g/mol. The molecule has 0 aliphatic heterocycles. The molecule has 1 unspecified atom stereocenters. The summed E-state index contributed by atoms with van der Waals surface area (Å²) in [7, 11) is 0. The van der Waals surface area contributed by atoms with Crippen LogP contribution in [0.25, 0.3) is 0 Å². The minimum Gasteiger partial charge on any atom is -0.490 e. The van der Waals surface area contributed by atoms with E-state index in [2.05, 4.69) is 6.92 Å². The van der Waals surface area contributed by atoms with Gasteiger partial charge in [0.15, 0.2) is 0 Å². The van der Waals surface area contributed by atoms with Crippen molar-refractivity contribution < 1.29 is 9.84 Å². The maximum absolute atomic E-state index is 10.0. The zero-order chi connectivity index (χ0) is 12.1. The molecule has 0 saturated heterocycles. The topological polar surface area (TPSA) is 29.5 Å². The van der Waals surface area contributed by atoms with Crippen molar-refractivity contribution in [3.05, 3.63) is 29.8 Å². The summed E-state index contributed by atoms with van der Waals surface area (Å²) in [4.78, 5) is 0. The first kappa shape index (κ1) is 12.8. The monoisotopic (exact) mass is 252 g/mol. The Labute approximate surface area is 107 Å². The molecule has 1 saturated carbocycles. The van der Waals surface area contributed by atoms with Crippen molar-refractivity contribution in [2.75, 3.05) is 11.5 Å². The molecule has 1 aliphatic rings. The molecule has 0 spiro atoms. The SMILES string of the molecule is CCCSCC(O)c1cccc(OC2CC2)c1. The second-order valence-corrected chi connectivity index (χ2v) is 5.63. The average molecular weight is 252 g/mol. The van der Waals surface area contributed by atoms with Gasteiger partial charge < -0.3 is 9.84 Å². The van der Waals surface area contributed by atoms with Gasteiger partial charge >= 0.3 is 0 Å². The van der Waals surface area contributed by atoms with Crippen LogP contribution in [0.3, 0.4) is 0 Å². The fourth-order valence-corrected chi connectivity index (χ4v) is 2.48. The van der Waals surface area contributed by atoms with Gasteiger partial charge in [-0.1, -0.05) is 19.1 Å². The second kappa shape index (κ2) is 6.31. The van der Waals surface area contributed by atoms with Crippen LogP contribution in [-0.4, -0.2) is 22.7 Å². The third-order valence-corrected chi connectivity index (χ3v) is 3.94. The minimum atomic E-state index is -0.380. The van der Waals surface area contributed by atoms with Crippen LogP contribution in [0.1, 0.15) is 37.9 Å². The molecule has 0 aromatic heterocycles. The number of rotatable bonds is 7. The summed E-state index contributed by atoms with van der Waals surface area (Å²) in [5.41, 5.74) is 0.965. The van der Waals surface area contributed by atoms with Gasteiger partial charge in [-0.25, -0.2) is 0 Å². The minimum absolute atomic E-state index is 0.380. The molecular formula is C14H20O2S. The van der Waals surface area contributed by atoms with E-state index in [-0.39, 0.29) is 6.10 Å². The Morgan fingerprint density at radius 2 is 2.29 bits per heavy atom. The van der Waals surface area contributed by atoms with Crippen molar-refractivity contribution in [2.24, 2.45) is 0 Å². The van der Waals surface area contributed by atoms with Crippen LogP contribution in [0.4, 0.5) is 0 Å². The molecule has 1 fully saturated rings. The fourth-order valence-electron chi connectivity index (χ4n) is 1.61. The van der Waals surface area contributed by atoms with E-state index >= 15 is 0 Å². The summed E-state index contributed by atoms with van der Waals surface area (Å²) in [5, 5.41) is 10.0. The molecule has 1 aromatic carbocycles. The van der Waals surface area contributed by atoms with Crippen LogP contribution in [0.2, 0.25) is 0 Å². The highest BCUT2D eigenvalue weighted by molar-refractivity contribution is 7.99. The highest BCUT2D eigenvalue weighted by Crippen LogP contribution is 2.29. The highest BCUT2D eigenvalue weighted by atomic mass is 32.2. The Morgan fingerprint density at radius 1 is 1.47 bits per heavy atom. The fraction of sp³-hybridized carbons (Fsp3) is 0.571. The Morgan fingerprint density at radius 3 is 3.00 bits per heavy atom. The Bertz CT molecular complexity index is 350. The van der Waals surface area contributed by atoms with Crippen LogP contribution in [0.15, 0.2) is 24.3 Å². The van der Waals surface area contributed by atoms with Crippen molar-refractivity contribution in [1.82, 2.24) is 0 Å². The molecule has 0 heterocycles. The smallest absolute Gasteiger partial charge is 0.120 e. The first-order valence-corrected chi connectivity index (χ1v) is 7.47. The van der Waals surface area contributed by atoms with Crippen molar-refractivity contribution in [1.29, 1.82) is 0 Å². The molecule has 0 bridgehead atoms. The zero-order valence-corrected chi connectivity index (χ0v) is 11.1. The van der Waals surface area contributed by atoms with Crippen molar-refractivity contribution >= 4 is 11.8 Å². The Balaban J connectivity index is 1.89. The number of aliphatic hydroxyl groups excluding tert-OH is 1. The first-order chi connectivity index (χ1) is 8.29. The lowest BCUT2D eigenvalue weighted by atomic mass is 10.1. The van der Waals surface area contributed by atoms with Gasteiger partial charge in [0.05, 0.1) is 12.2 Å². The zero-order valence-electron chi connectivity index (χ0n) is 10.3. The summed E-state index contributed by atoms with van der Waals surface area (Å²) in [6.45, 7) is 2.16. The molecule has 1 atom stereocenters. The van der Waals surface area contributed by atoms with E-state index in [9.17, 15) is 5.11 Å². The molecule has 3 heteroatoms. The normalized spacial score (nSPS) is 16.8. The van der Waals surface area contributed by atoms with Crippen LogP contribution in [0, 0.1) is 0 Å². The summed E-state index contributed by atoms with van der Waals surface area (Å²) in [6.07, 6.45) is 3.52. The van der Waals surface area contributed by atoms with Gasteiger partial charge in [0.1, 0.15) is 5.75 Å². The predicted octanol–water partition coefficient (Wildman–Crippen LogP) is 3.40. The average Bonchev–Trinajstić information content (AvgIpc) is 3.13. The number of ether oxygens (including phenoxy) is 1. The number of thioether (sulfide) groups is 1. The number of hydrogen-bond donors (Lipinski definition) is 1. The molecule has 1 aromatic rings. The van der Waals surface area contributed by atoms with Gasteiger partial charge in [0.2, 0.25) is 0 Å². The lowest BCUT2D eigenvalue weighted by Gasteiger charge is -2.12. The third-order valence-electron chi connectivity index (χ3n) is 2.69. The Hall–Kier alpha value is -0.670. The maximum atomic E-state index is 10.0. The summed E-state index contributed by atoms with van der Waals surface area (Å²) in [5.74, 6) is 2.76. The van der Waals surface area contributed by atoms with Gasteiger partial charge in [-0.2, -0.15) is 11.8 Å². The molecule has 17 heavy (non-hydrogen) atoms. The second-order valence-electron chi connectivity index (χ2n) is 4.48. The van der Waals surface area contributed by atoms with E-state index in [1.807, 2.05) is 24.3 Å². The van der Waals surface area contributed by atoms with Gasteiger partial charge in [-0.15, -0.1) is 0 Å². The van der Waals surface area contributed by atoms with E-state index in [4.69, 9.17) is 4.74 Å². The van der Waals surface area contributed by atoms with Crippen LogP contribution >= 0.6 is 11.8 Å². The van der Waals surface area contributed by atoms with Crippen LogP contribution in [0.5, 0.6) is 5.75 Å². The molecule has 0 amide bonds. The molecule has 0 radical (unpaired) electrons. The molecule has 1 N–H and O–H groups in total. The number of hydrogen-bond acceptors (Lipinski definition) is 3. The number of benzene rings is 1. The summed E-state index contributed by atoms with van der Waals surface area (Å²) in [6, 6.07) is 7.86. The van der Waals surface area contributed by atoms with Gasteiger partial charge in [0, 0.05) is 5.75 Å². The first-order valence-electron chi connectivity index (χ1n) is 6.32. The predicted molar refractivity (Wildman–Crippen MR) is 72.7 cm³/mol. The largest absolute Gasteiger partial charge is 0.490 e.